The van der Waals surface area contributed by atoms with Crippen LogP contribution >= 0.6 is 0 Å². The van der Waals surface area contributed by atoms with E-state index in [4.69, 9.17) is 24.5 Å². The van der Waals surface area contributed by atoms with Gasteiger partial charge in [0.15, 0.2) is 0 Å². The number of carbonyl (C=O) groups is 3. The number of aliphatic carboxylic acids is 2. The Morgan fingerprint density at radius 1 is 1.00 bits per heavy atom. The lowest BCUT2D eigenvalue weighted by Crippen LogP contribution is -2.42. The summed E-state index contributed by atoms with van der Waals surface area (Å²) in [6, 6.07) is 4.51. The van der Waals surface area contributed by atoms with Crippen molar-refractivity contribution in [3.8, 4) is 0 Å². The number of carbonyl (C=O) groups excluding carboxylic acids is 1. The maximum atomic E-state index is 12.9. The molecule has 1 saturated carbocycles. The molecule has 2 saturated heterocycles. The Morgan fingerprint density at radius 3 is 2.05 bits per heavy atom. The molecule has 1 aromatic rings. The first kappa shape index (κ1) is 31.3. The minimum absolute atomic E-state index is 0.0465. The number of fused-ring (bicyclic) bond motifs is 1. The first-order valence-electron chi connectivity index (χ1n) is 11.8. The van der Waals surface area contributed by atoms with Gasteiger partial charge in [0, 0.05) is 25.3 Å². The Labute approximate surface area is 214 Å². The molecule has 1 aromatic heterocycles. The zero-order chi connectivity index (χ0) is 28.7. The van der Waals surface area contributed by atoms with Crippen LogP contribution in [0.1, 0.15) is 31.4 Å². The quantitative estimate of drug-likeness (QED) is 0.480. The van der Waals surface area contributed by atoms with Gasteiger partial charge in [-0.25, -0.2) is 9.59 Å². The molecule has 0 bridgehead atoms. The summed E-state index contributed by atoms with van der Waals surface area (Å²) in [6.45, 7) is 5.44. The second-order valence-corrected chi connectivity index (χ2v) is 9.19. The van der Waals surface area contributed by atoms with Crippen molar-refractivity contribution in [2.24, 2.45) is 17.8 Å². The molecule has 0 spiro atoms. The van der Waals surface area contributed by atoms with E-state index in [-0.39, 0.29) is 11.8 Å². The van der Waals surface area contributed by atoms with Crippen molar-refractivity contribution in [2.45, 2.75) is 51.0 Å². The molecule has 0 unspecified atom stereocenters. The number of hydrogen-bond donors (Lipinski definition) is 3. The molecule has 1 aliphatic carbocycles. The molecule has 3 aliphatic rings. The van der Waals surface area contributed by atoms with E-state index in [1.807, 2.05) is 19.1 Å². The van der Waals surface area contributed by atoms with Crippen LogP contribution in [0.15, 0.2) is 18.3 Å². The molecule has 214 valence electrons. The molecule has 3 atom stereocenters. The van der Waals surface area contributed by atoms with Gasteiger partial charge in [0.05, 0.1) is 30.5 Å². The van der Waals surface area contributed by atoms with Crippen LogP contribution in [-0.4, -0.2) is 82.6 Å². The number of halogens is 6. The summed E-state index contributed by atoms with van der Waals surface area (Å²) >= 11 is 0. The van der Waals surface area contributed by atoms with E-state index >= 15 is 0 Å². The summed E-state index contributed by atoms with van der Waals surface area (Å²) in [6.07, 6.45) is -3.05. The first-order chi connectivity index (χ1) is 17.6. The molecule has 15 heteroatoms. The smallest absolute Gasteiger partial charge is 0.475 e. The summed E-state index contributed by atoms with van der Waals surface area (Å²) < 4.78 is 69.3. The number of likely N-dealkylation sites (tertiary alicyclic amines) is 1. The second-order valence-electron chi connectivity index (χ2n) is 9.19. The number of carboxylic acid groups (broad SMARTS) is 2. The summed E-state index contributed by atoms with van der Waals surface area (Å²) in [7, 11) is 0. The highest BCUT2D eigenvalue weighted by atomic mass is 19.4. The number of pyridine rings is 1. The van der Waals surface area contributed by atoms with Gasteiger partial charge in [-0.1, -0.05) is 12.8 Å². The van der Waals surface area contributed by atoms with Crippen molar-refractivity contribution < 1.29 is 55.7 Å². The lowest BCUT2D eigenvalue weighted by Gasteiger charge is -2.32. The maximum absolute atomic E-state index is 12.9. The number of anilines is 1. The van der Waals surface area contributed by atoms with Crippen LogP contribution in [0.5, 0.6) is 0 Å². The van der Waals surface area contributed by atoms with E-state index in [0.717, 1.165) is 37.1 Å². The molecule has 3 heterocycles. The van der Waals surface area contributed by atoms with Gasteiger partial charge >= 0.3 is 24.3 Å². The zero-order valence-electron chi connectivity index (χ0n) is 20.4. The Balaban J connectivity index is 0.000000301. The third-order valence-electron chi connectivity index (χ3n) is 6.59. The first-order valence-corrected chi connectivity index (χ1v) is 11.8. The SMILES string of the molecule is Cc1ncccc1NC(=O)[C@@H]1COC[C@H]2CN(C3CCCC3)C[C@H]21.O=C(O)C(F)(F)F.O=C(O)C(F)(F)F. The summed E-state index contributed by atoms with van der Waals surface area (Å²) in [5, 5.41) is 17.3. The predicted octanol–water partition coefficient (Wildman–Crippen LogP) is 3.73. The highest BCUT2D eigenvalue weighted by Gasteiger charge is 2.45. The standard InChI is InChI=1S/C19H27N3O2.2C2HF3O2/c1-13-18(7-4-8-20-13)21-19(23)17-12-24-11-14-9-22(10-16(14)17)15-5-2-3-6-15;2*3-2(4,5)1(6)7/h4,7-8,14-17H,2-3,5-6,9-12H2,1H3,(H,21,23);2*(H,6,7)/t14-,16-,17-;;/m1../s1. The van der Waals surface area contributed by atoms with Gasteiger partial charge < -0.3 is 20.3 Å². The number of ether oxygens (including phenoxy) is 1. The highest BCUT2D eigenvalue weighted by Crippen LogP contribution is 2.38. The highest BCUT2D eigenvalue weighted by molar-refractivity contribution is 5.93. The number of nitrogens with one attached hydrogen (secondary N) is 1. The zero-order valence-corrected chi connectivity index (χ0v) is 20.4. The van der Waals surface area contributed by atoms with Gasteiger partial charge in [0.2, 0.25) is 5.91 Å². The van der Waals surface area contributed by atoms with E-state index in [2.05, 4.69) is 15.2 Å². The van der Waals surface area contributed by atoms with Gasteiger partial charge in [-0.2, -0.15) is 26.3 Å². The molecule has 9 nitrogen and oxygen atoms in total. The normalized spacial score (nSPS) is 23.8. The van der Waals surface area contributed by atoms with Gasteiger partial charge in [0.1, 0.15) is 0 Å². The number of aromatic nitrogens is 1. The molecule has 4 rings (SSSR count). The molecule has 3 fully saturated rings. The van der Waals surface area contributed by atoms with E-state index in [1.54, 1.807) is 6.20 Å². The molecule has 2 aliphatic heterocycles. The number of aryl methyl sites for hydroxylation is 1. The molecule has 38 heavy (non-hydrogen) atoms. The van der Waals surface area contributed by atoms with Crippen molar-refractivity contribution in [3.05, 3.63) is 24.0 Å². The molecule has 3 N–H and O–H groups in total. The Hall–Kier alpha value is -2.94. The number of rotatable bonds is 3. The van der Waals surface area contributed by atoms with Crippen molar-refractivity contribution in [2.75, 3.05) is 31.6 Å². The van der Waals surface area contributed by atoms with Gasteiger partial charge in [-0.3, -0.25) is 14.7 Å². The lowest BCUT2D eigenvalue weighted by molar-refractivity contribution is -0.193. The van der Waals surface area contributed by atoms with Gasteiger partial charge in [0.25, 0.3) is 0 Å². The van der Waals surface area contributed by atoms with Crippen molar-refractivity contribution in [3.63, 3.8) is 0 Å². The molecule has 0 radical (unpaired) electrons. The molecular formula is C23H29F6N3O6. The third-order valence-corrected chi connectivity index (χ3v) is 6.59. The van der Waals surface area contributed by atoms with Gasteiger partial charge in [-0.15, -0.1) is 0 Å². The van der Waals surface area contributed by atoms with Crippen LogP contribution in [0, 0.1) is 24.7 Å². The average molecular weight is 557 g/mol. The van der Waals surface area contributed by atoms with Crippen LogP contribution in [0.2, 0.25) is 0 Å². The van der Waals surface area contributed by atoms with E-state index in [0.29, 0.717) is 18.4 Å². The summed E-state index contributed by atoms with van der Waals surface area (Å²) in [4.78, 5) is 37.5. The predicted molar refractivity (Wildman–Crippen MR) is 120 cm³/mol. The average Bonchev–Trinajstić information content (AvgIpc) is 3.50. The fourth-order valence-electron chi connectivity index (χ4n) is 4.71. The molecule has 1 amide bonds. The third kappa shape index (κ3) is 9.11. The fraction of sp³-hybridized carbons (Fsp3) is 0.652. The van der Waals surface area contributed by atoms with Gasteiger partial charge in [-0.05, 0) is 43.7 Å². The molecule has 0 aromatic carbocycles. The van der Waals surface area contributed by atoms with Crippen LogP contribution < -0.4 is 5.32 Å². The Bertz CT molecular complexity index is 944. The monoisotopic (exact) mass is 557 g/mol. The summed E-state index contributed by atoms with van der Waals surface area (Å²) in [5.41, 5.74) is 1.67. The maximum Gasteiger partial charge on any atom is 0.490 e. The van der Waals surface area contributed by atoms with Crippen LogP contribution in [0.25, 0.3) is 0 Å². The minimum Gasteiger partial charge on any atom is -0.475 e. The summed E-state index contributed by atoms with van der Waals surface area (Å²) in [5.74, 6) is -4.54. The largest absolute Gasteiger partial charge is 0.490 e. The molecular weight excluding hydrogens is 528 g/mol. The van der Waals surface area contributed by atoms with Crippen molar-refractivity contribution in [1.29, 1.82) is 0 Å². The van der Waals surface area contributed by atoms with E-state index in [1.165, 1.54) is 25.7 Å². The number of alkyl halides is 6. The van der Waals surface area contributed by atoms with Crippen LogP contribution in [0.4, 0.5) is 32.0 Å². The number of carboxylic acids is 2. The van der Waals surface area contributed by atoms with Crippen LogP contribution in [0.3, 0.4) is 0 Å². The number of nitrogens with zero attached hydrogens (tertiary/aromatic N) is 2. The topological polar surface area (TPSA) is 129 Å². The van der Waals surface area contributed by atoms with E-state index < -0.39 is 24.3 Å². The Morgan fingerprint density at radius 2 is 1.55 bits per heavy atom. The minimum atomic E-state index is -5.08. The van der Waals surface area contributed by atoms with Crippen LogP contribution in [-0.2, 0) is 19.1 Å². The second kappa shape index (κ2) is 13.2. The fourth-order valence-corrected chi connectivity index (χ4v) is 4.71. The Kier molecular flexibility index (Phi) is 10.9. The van der Waals surface area contributed by atoms with Crippen molar-refractivity contribution in [1.82, 2.24) is 9.88 Å². The number of hydrogen-bond acceptors (Lipinski definition) is 6. The lowest BCUT2D eigenvalue weighted by atomic mass is 9.82. The van der Waals surface area contributed by atoms with Crippen molar-refractivity contribution >= 4 is 23.5 Å². The number of amides is 1. The van der Waals surface area contributed by atoms with E-state index in [9.17, 15) is 31.1 Å².